The molecule has 0 aliphatic carbocycles. The topological polar surface area (TPSA) is 104 Å². The molecule has 2 rings (SSSR count). The molecule has 1 aliphatic rings. The SMILES string of the molecule is CN1C(=O)C(=O)N(CC(=O)c2ccc(NC(=O)C(C)(C)C)cc2)C1=O. The van der Waals surface area contributed by atoms with E-state index in [4.69, 9.17) is 0 Å². The number of nitrogens with zero attached hydrogens (tertiary/aromatic N) is 2. The van der Waals surface area contributed by atoms with Gasteiger partial charge in [-0.05, 0) is 24.3 Å². The van der Waals surface area contributed by atoms with Gasteiger partial charge in [-0.2, -0.15) is 0 Å². The molecule has 0 spiro atoms. The average molecular weight is 345 g/mol. The fraction of sp³-hybridized carbons (Fsp3) is 0.353. The first-order valence-corrected chi connectivity index (χ1v) is 7.60. The molecule has 1 aliphatic heterocycles. The molecule has 0 bridgehead atoms. The van der Waals surface area contributed by atoms with Crippen molar-refractivity contribution in [1.29, 1.82) is 0 Å². The van der Waals surface area contributed by atoms with Gasteiger partial charge in [0.2, 0.25) is 5.91 Å². The van der Waals surface area contributed by atoms with Crippen LogP contribution in [0.5, 0.6) is 0 Å². The number of carbonyl (C=O) groups is 5. The second-order valence-electron chi connectivity index (χ2n) is 6.74. The Hall–Kier alpha value is -3.03. The fourth-order valence-corrected chi connectivity index (χ4v) is 2.05. The van der Waals surface area contributed by atoms with E-state index >= 15 is 0 Å². The van der Waals surface area contributed by atoms with Gasteiger partial charge in [0, 0.05) is 23.7 Å². The van der Waals surface area contributed by atoms with E-state index in [0.717, 1.165) is 0 Å². The molecule has 1 aromatic rings. The Morgan fingerprint density at radius 3 is 2.00 bits per heavy atom. The Kier molecular flexibility index (Phi) is 4.73. The minimum atomic E-state index is -1.02. The summed E-state index contributed by atoms with van der Waals surface area (Å²) in [6.45, 7) is 4.83. The van der Waals surface area contributed by atoms with Crippen LogP contribution in [-0.4, -0.2) is 52.9 Å². The van der Waals surface area contributed by atoms with Crippen LogP contribution in [0.15, 0.2) is 24.3 Å². The highest BCUT2D eigenvalue weighted by molar-refractivity contribution is 6.45. The normalized spacial score (nSPS) is 15.0. The summed E-state index contributed by atoms with van der Waals surface area (Å²) in [6.07, 6.45) is 0. The number of anilines is 1. The summed E-state index contributed by atoms with van der Waals surface area (Å²) >= 11 is 0. The molecule has 1 saturated heterocycles. The number of imide groups is 2. The van der Waals surface area contributed by atoms with Crippen molar-refractivity contribution in [1.82, 2.24) is 9.80 Å². The van der Waals surface area contributed by atoms with Gasteiger partial charge in [-0.25, -0.2) is 9.69 Å². The predicted molar refractivity (Wildman–Crippen MR) is 88.7 cm³/mol. The molecular formula is C17H19N3O5. The maximum Gasteiger partial charge on any atom is 0.334 e. The first-order valence-electron chi connectivity index (χ1n) is 7.60. The Morgan fingerprint density at radius 2 is 1.56 bits per heavy atom. The van der Waals surface area contributed by atoms with Crippen LogP contribution in [-0.2, 0) is 14.4 Å². The number of ketones is 1. The van der Waals surface area contributed by atoms with Crippen molar-refractivity contribution >= 4 is 35.2 Å². The summed E-state index contributed by atoms with van der Waals surface area (Å²) in [6, 6.07) is 5.26. The summed E-state index contributed by atoms with van der Waals surface area (Å²) in [7, 11) is 1.18. The minimum absolute atomic E-state index is 0.165. The van der Waals surface area contributed by atoms with E-state index in [1.54, 1.807) is 32.9 Å². The molecule has 1 fully saturated rings. The van der Waals surface area contributed by atoms with Crippen LogP contribution >= 0.6 is 0 Å². The third-order valence-electron chi connectivity index (χ3n) is 3.70. The lowest BCUT2D eigenvalue weighted by Crippen LogP contribution is -2.36. The van der Waals surface area contributed by atoms with E-state index < -0.39 is 35.6 Å². The summed E-state index contributed by atoms with van der Waals surface area (Å²) in [5, 5.41) is 2.73. The van der Waals surface area contributed by atoms with Crippen molar-refractivity contribution in [3.63, 3.8) is 0 Å². The Balaban J connectivity index is 2.06. The molecule has 1 N–H and O–H groups in total. The van der Waals surface area contributed by atoms with Crippen molar-refractivity contribution in [3.8, 4) is 0 Å². The lowest BCUT2D eigenvalue weighted by atomic mass is 9.95. The molecule has 5 amide bonds. The van der Waals surface area contributed by atoms with Crippen molar-refractivity contribution in [2.75, 3.05) is 18.9 Å². The molecule has 0 saturated carbocycles. The number of nitrogens with one attached hydrogen (secondary N) is 1. The highest BCUT2D eigenvalue weighted by atomic mass is 16.2. The Bertz CT molecular complexity index is 761. The number of urea groups is 1. The van der Waals surface area contributed by atoms with Crippen LogP contribution in [0, 0.1) is 5.41 Å². The number of hydrogen-bond donors (Lipinski definition) is 1. The maximum atomic E-state index is 12.2. The van der Waals surface area contributed by atoms with Gasteiger partial charge in [-0.1, -0.05) is 20.8 Å². The fourth-order valence-electron chi connectivity index (χ4n) is 2.05. The van der Waals surface area contributed by atoms with Gasteiger partial charge in [0.05, 0.1) is 6.54 Å². The molecule has 1 aromatic carbocycles. The molecule has 0 radical (unpaired) electrons. The second-order valence-corrected chi connectivity index (χ2v) is 6.74. The zero-order valence-corrected chi connectivity index (χ0v) is 14.5. The van der Waals surface area contributed by atoms with Crippen LogP contribution in [0.25, 0.3) is 0 Å². The first kappa shape index (κ1) is 18.3. The van der Waals surface area contributed by atoms with Gasteiger partial charge in [0.15, 0.2) is 5.78 Å². The zero-order chi connectivity index (χ0) is 18.9. The monoisotopic (exact) mass is 345 g/mol. The van der Waals surface area contributed by atoms with Crippen molar-refractivity contribution in [3.05, 3.63) is 29.8 Å². The summed E-state index contributed by atoms with van der Waals surface area (Å²) < 4.78 is 0. The van der Waals surface area contributed by atoms with Crippen LogP contribution in [0.2, 0.25) is 0 Å². The summed E-state index contributed by atoms with van der Waals surface area (Å²) in [4.78, 5) is 60.3. The van der Waals surface area contributed by atoms with Gasteiger partial charge < -0.3 is 5.32 Å². The summed E-state index contributed by atoms with van der Waals surface area (Å²) in [5.74, 6) is -2.63. The van der Waals surface area contributed by atoms with Crippen LogP contribution in [0.3, 0.4) is 0 Å². The number of likely N-dealkylation sites (N-methyl/N-ethyl adjacent to an activating group) is 1. The third kappa shape index (κ3) is 3.73. The zero-order valence-electron chi connectivity index (χ0n) is 14.5. The quantitative estimate of drug-likeness (QED) is 0.503. The van der Waals surface area contributed by atoms with E-state index in [-0.39, 0.29) is 11.5 Å². The van der Waals surface area contributed by atoms with E-state index in [0.29, 0.717) is 15.5 Å². The molecule has 0 unspecified atom stereocenters. The molecule has 1 heterocycles. The smallest absolute Gasteiger partial charge is 0.326 e. The van der Waals surface area contributed by atoms with E-state index in [2.05, 4.69) is 5.32 Å². The third-order valence-corrected chi connectivity index (χ3v) is 3.70. The van der Waals surface area contributed by atoms with Crippen molar-refractivity contribution < 1.29 is 24.0 Å². The largest absolute Gasteiger partial charge is 0.334 e. The standard InChI is InChI=1S/C17H19N3O5/c1-17(2,3)15(24)18-11-7-5-10(6-8-11)12(21)9-20-14(23)13(22)19(4)16(20)25/h5-8H,9H2,1-4H3,(H,18,24). The molecule has 8 heteroatoms. The van der Waals surface area contributed by atoms with Crippen LogP contribution in [0.1, 0.15) is 31.1 Å². The molecule has 0 atom stereocenters. The van der Waals surface area contributed by atoms with Gasteiger partial charge >= 0.3 is 17.8 Å². The minimum Gasteiger partial charge on any atom is -0.326 e. The van der Waals surface area contributed by atoms with Gasteiger partial charge in [-0.3, -0.25) is 24.1 Å². The number of hydrogen-bond acceptors (Lipinski definition) is 5. The van der Waals surface area contributed by atoms with Gasteiger partial charge in [0.1, 0.15) is 0 Å². The molecule has 0 aromatic heterocycles. The average Bonchev–Trinajstić information content (AvgIpc) is 2.72. The van der Waals surface area contributed by atoms with Crippen LogP contribution < -0.4 is 5.32 Å². The van der Waals surface area contributed by atoms with Gasteiger partial charge in [0.25, 0.3) is 0 Å². The highest BCUT2D eigenvalue weighted by Gasteiger charge is 2.42. The van der Waals surface area contributed by atoms with E-state index in [1.807, 2.05) is 0 Å². The lowest BCUT2D eigenvalue weighted by Gasteiger charge is -2.17. The second kappa shape index (κ2) is 6.46. The Morgan fingerprint density at radius 1 is 1.00 bits per heavy atom. The molecular weight excluding hydrogens is 326 g/mol. The highest BCUT2D eigenvalue weighted by Crippen LogP contribution is 2.18. The molecule has 25 heavy (non-hydrogen) atoms. The predicted octanol–water partition coefficient (Wildman–Crippen LogP) is 1.27. The van der Waals surface area contributed by atoms with Crippen molar-refractivity contribution in [2.45, 2.75) is 20.8 Å². The lowest BCUT2D eigenvalue weighted by molar-refractivity contribution is -0.142. The van der Waals surface area contributed by atoms with E-state index in [1.165, 1.54) is 19.2 Å². The first-order chi connectivity index (χ1) is 11.5. The number of benzene rings is 1. The summed E-state index contributed by atoms with van der Waals surface area (Å²) in [5.41, 5.74) is 0.236. The van der Waals surface area contributed by atoms with Crippen molar-refractivity contribution in [2.24, 2.45) is 5.41 Å². The molecule has 132 valence electrons. The number of carbonyl (C=O) groups excluding carboxylic acids is 5. The van der Waals surface area contributed by atoms with Gasteiger partial charge in [-0.15, -0.1) is 0 Å². The Labute approximate surface area is 144 Å². The molecule has 8 nitrogen and oxygen atoms in total. The van der Waals surface area contributed by atoms with Crippen LogP contribution in [0.4, 0.5) is 10.5 Å². The van der Waals surface area contributed by atoms with E-state index in [9.17, 15) is 24.0 Å². The maximum absolute atomic E-state index is 12.2. The number of rotatable bonds is 4. The number of amides is 5. The number of Topliss-reactive ketones (excluding diaryl/α,β-unsaturated/α-hetero) is 1.